The molecule has 2 aliphatic rings. The van der Waals surface area contributed by atoms with Gasteiger partial charge in [-0.15, -0.1) is 0 Å². The SMILES string of the molecule is OC1CCN(c2nc(-c3ncnc4ccc(N5CCC(F)C5)nc34)no2)C1. The number of nitrogens with zero attached hydrogens (tertiary/aromatic N) is 7. The van der Waals surface area contributed by atoms with Crippen LogP contribution in [0.1, 0.15) is 12.8 Å². The van der Waals surface area contributed by atoms with Crippen LogP contribution in [0.3, 0.4) is 0 Å². The maximum Gasteiger partial charge on any atom is 0.324 e. The number of pyridine rings is 1. The van der Waals surface area contributed by atoms with Gasteiger partial charge in [0.05, 0.1) is 18.2 Å². The lowest BCUT2D eigenvalue weighted by atomic mass is 10.2. The van der Waals surface area contributed by atoms with Crippen LogP contribution >= 0.6 is 0 Å². The fourth-order valence-electron chi connectivity index (χ4n) is 3.55. The van der Waals surface area contributed by atoms with Gasteiger partial charge < -0.3 is 19.4 Å². The van der Waals surface area contributed by atoms with Crippen molar-refractivity contribution in [2.45, 2.75) is 25.1 Å². The third kappa shape index (κ3) is 2.95. The average molecular weight is 371 g/mol. The molecule has 2 atom stereocenters. The van der Waals surface area contributed by atoms with Crippen LogP contribution in [-0.2, 0) is 0 Å². The molecular weight excluding hydrogens is 353 g/mol. The largest absolute Gasteiger partial charge is 0.391 e. The predicted octanol–water partition coefficient (Wildman–Crippen LogP) is 1.19. The number of halogens is 1. The smallest absolute Gasteiger partial charge is 0.324 e. The second-order valence-corrected chi connectivity index (χ2v) is 6.88. The molecule has 0 aromatic carbocycles. The molecule has 10 heteroatoms. The first-order valence-corrected chi connectivity index (χ1v) is 8.95. The summed E-state index contributed by atoms with van der Waals surface area (Å²) in [5.41, 5.74) is 1.67. The molecule has 27 heavy (non-hydrogen) atoms. The van der Waals surface area contributed by atoms with E-state index < -0.39 is 6.17 Å². The quantitative estimate of drug-likeness (QED) is 0.727. The number of hydrogen-bond acceptors (Lipinski definition) is 9. The third-order valence-corrected chi connectivity index (χ3v) is 4.98. The lowest BCUT2D eigenvalue weighted by Gasteiger charge is -2.16. The molecule has 5 heterocycles. The fraction of sp³-hybridized carbons (Fsp3) is 0.471. The number of hydrogen-bond donors (Lipinski definition) is 1. The molecule has 2 unspecified atom stereocenters. The van der Waals surface area contributed by atoms with E-state index in [0.29, 0.717) is 73.4 Å². The Hall–Kier alpha value is -2.88. The van der Waals surface area contributed by atoms with Crippen LogP contribution < -0.4 is 9.80 Å². The highest BCUT2D eigenvalue weighted by Crippen LogP contribution is 2.28. The van der Waals surface area contributed by atoms with E-state index in [1.807, 2.05) is 21.9 Å². The molecule has 2 aliphatic heterocycles. The lowest BCUT2D eigenvalue weighted by molar-refractivity contribution is 0.197. The van der Waals surface area contributed by atoms with Crippen LogP contribution in [0, 0.1) is 0 Å². The van der Waals surface area contributed by atoms with Crippen molar-refractivity contribution in [2.24, 2.45) is 0 Å². The van der Waals surface area contributed by atoms with Gasteiger partial charge in [-0.1, -0.05) is 5.16 Å². The molecule has 0 radical (unpaired) electrons. The van der Waals surface area contributed by atoms with E-state index in [9.17, 15) is 9.50 Å². The first-order chi connectivity index (χ1) is 13.2. The summed E-state index contributed by atoms with van der Waals surface area (Å²) in [6.07, 6.45) is 1.40. The van der Waals surface area contributed by atoms with Crippen molar-refractivity contribution >= 4 is 22.9 Å². The zero-order valence-electron chi connectivity index (χ0n) is 14.5. The highest BCUT2D eigenvalue weighted by molar-refractivity contribution is 5.87. The monoisotopic (exact) mass is 371 g/mol. The molecule has 0 bridgehead atoms. The van der Waals surface area contributed by atoms with E-state index >= 15 is 0 Å². The van der Waals surface area contributed by atoms with Crippen molar-refractivity contribution in [3.8, 4) is 11.5 Å². The van der Waals surface area contributed by atoms with Gasteiger partial charge in [0.1, 0.15) is 29.5 Å². The van der Waals surface area contributed by atoms with Crippen molar-refractivity contribution in [1.82, 2.24) is 25.1 Å². The summed E-state index contributed by atoms with van der Waals surface area (Å²) < 4.78 is 18.9. The molecule has 0 amide bonds. The molecule has 3 aromatic rings. The van der Waals surface area contributed by atoms with E-state index in [2.05, 4.69) is 25.1 Å². The summed E-state index contributed by atoms with van der Waals surface area (Å²) in [5.74, 6) is 0.998. The van der Waals surface area contributed by atoms with Gasteiger partial charge >= 0.3 is 6.01 Å². The van der Waals surface area contributed by atoms with Crippen molar-refractivity contribution in [1.29, 1.82) is 0 Å². The minimum absolute atomic E-state index is 0.313. The Kier molecular flexibility index (Phi) is 3.85. The molecule has 140 valence electrons. The van der Waals surface area contributed by atoms with E-state index in [1.54, 1.807) is 0 Å². The van der Waals surface area contributed by atoms with Crippen molar-refractivity contribution in [2.75, 3.05) is 36.0 Å². The van der Waals surface area contributed by atoms with E-state index in [1.165, 1.54) is 6.33 Å². The molecule has 2 fully saturated rings. The van der Waals surface area contributed by atoms with Gasteiger partial charge in [-0.2, -0.15) is 4.98 Å². The van der Waals surface area contributed by atoms with Gasteiger partial charge in [-0.05, 0) is 25.0 Å². The summed E-state index contributed by atoms with van der Waals surface area (Å²) in [6, 6.07) is 4.03. The zero-order chi connectivity index (χ0) is 18.4. The minimum atomic E-state index is -0.829. The second-order valence-electron chi connectivity index (χ2n) is 6.88. The number of aliphatic hydroxyl groups excluding tert-OH is 1. The summed E-state index contributed by atoms with van der Waals surface area (Å²) in [7, 11) is 0. The van der Waals surface area contributed by atoms with Crippen LogP contribution in [0.15, 0.2) is 23.0 Å². The Balaban J connectivity index is 1.52. The van der Waals surface area contributed by atoms with Gasteiger partial charge in [-0.25, -0.2) is 19.3 Å². The number of β-amino-alcohol motifs (C(OH)–C–C–N with tert-alkyl or cyclic N) is 1. The Bertz CT molecular complexity index is 981. The normalized spacial score (nSPS) is 22.9. The Morgan fingerprint density at radius 2 is 1.96 bits per heavy atom. The molecule has 5 rings (SSSR count). The van der Waals surface area contributed by atoms with Crippen LogP contribution in [0.5, 0.6) is 0 Å². The number of anilines is 2. The van der Waals surface area contributed by atoms with Gasteiger partial charge in [-0.3, -0.25) is 0 Å². The van der Waals surface area contributed by atoms with E-state index in [0.717, 1.165) is 0 Å². The minimum Gasteiger partial charge on any atom is -0.391 e. The molecule has 0 spiro atoms. The summed E-state index contributed by atoms with van der Waals surface area (Å²) in [4.78, 5) is 21.4. The van der Waals surface area contributed by atoms with Crippen molar-refractivity contribution in [3.05, 3.63) is 18.5 Å². The predicted molar refractivity (Wildman–Crippen MR) is 95.2 cm³/mol. The van der Waals surface area contributed by atoms with Crippen molar-refractivity contribution in [3.63, 3.8) is 0 Å². The number of rotatable bonds is 3. The van der Waals surface area contributed by atoms with Crippen LogP contribution in [0.4, 0.5) is 16.2 Å². The van der Waals surface area contributed by atoms with Gasteiger partial charge in [0.2, 0.25) is 5.82 Å². The molecule has 0 saturated carbocycles. The van der Waals surface area contributed by atoms with Gasteiger partial charge in [0.25, 0.3) is 0 Å². The maximum atomic E-state index is 13.5. The zero-order valence-corrected chi connectivity index (χ0v) is 14.5. The number of alkyl halides is 1. The second kappa shape index (κ2) is 6.38. The maximum absolute atomic E-state index is 13.5. The molecule has 3 aromatic heterocycles. The first kappa shape index (κ1) is 16.3. The van der Waals surface area contributed by atoms with Crippen LogP contribution in [0.2, 0.25) is 0 Å². The summed E-state index contributed by atoms with van der Waals surface area (Å²) >= 11 is 0. The Morgan fingerprint density at radius 3 is 2.74 bits per heavy atom. The van der Waals surface area contributed by atoms with E-state index in [-0.39, 0.29) is 6.10 Å². The van der Waals surface area contributed by atoms with Crippen molar-refractivity contribution < 1.29 is 14.0 Å². The van der Waals surface area contributed by atoms with E-state index in [4.69, 9.17) is 4.52 Å². The topological polar surface area (TPSA) is 104 Å². The van der Waals surface area contributed by atoms with Gasteiger partial charge in [0, 0.05) is 19.6 Å². The lowest BCUT2D eigenvalue weighted by Crippen LogP contribution is -2.21. The molecule has 0 aliphatic carbocycles. The first-order valence-electron chi connectivity index (χ1n) is 8.95. The molecule has 9 nitrogen and oxygen atoms in total. The highest BCUT2D eigenvalue weighted by atomic mass is 19.1. The standard InChI is InChI=1S/C17H18FN7O2/c18-10-3-5-24(7-10)13-2-1-12-14(21-13)15(20-9-19-12)16-22-17(27-23-16)25-6-4-11(26)8-25/h1-2,9-11,26H,3-8H2. The van der Waals surface area contributed by atoms with Crippen LogP contribution in [0.25, 0.3) is 22.6 Å². The summed E-state index contributed by atoms with van der Waals surface area (Å²) in [5, 5.41) is 13.7. The summed E-state index contributed by atoms with van der Waals surface area (Å²) in [6.45, 7) is 2.10. The number of aromatic nitrogens is 5. The molecule has 1 N–H and O–H groups in total. The average Bonchev–Trinajstić information content (AvgIpc) is 3.41. The van der Waals surface area contributed by atoms with Gasteiger partial charge in [0.15, 0.2) is 0 Å². The fourth-order valence-corrected chi connectivity index (χ4v) is 3.55. The number of fused-ring (bicyclic) bond motifs is 1. The Morgan fingerprint density at radius 1 is 1.07 bits per heavy atom. The third-order valence-electron chi connectivity index (χ3n) is 4.98. The molecular formula is C17H18FN7O2. The molecule has 2 saturated heterocycles. The van der Waals surface area contributed by atoms with Crippen LogP contribution in [-0.4, -0.2) is 68.7 Å². The Labute approximate surface area is 153 Å². The highest BCUT2D eigenvalue weighted by Gasteiger charge is 2.27. The number of aliphatic hydroxyl groups is 1.